The first-order chi connectivity index (χ1) is 10.7. The van der Waals surface area contributed by atoms with Crippen molar-refractivity contribution in [1.82, 2.24) is 15.7 Å². The lowest BCUT2D eigenvalue weighted by atomic mass is 10.2. The molecule has 7 heteroatoms. The van der Waals surface area contributed by atoms with E-state index >= 15 is 0 Å². The number of halogens is 1. The molecule has 1 aromatic heterocycles. The number of nitrogens with zero attached hydrogens (tertiary/aromatic N) is 2. The maximum atomic E-state index is 11.6. The molecule has 0 radical (unpaired) electrons. The van der Waals surface area contributed by atoms with Gasteiger partial charge in [0.1, 0.15) is 0 Å². The van der Waals surface area contributed by atoms with Crippen molar-refractivity contribution in [3.63, 3.8) is 0 Å². The van der Waals surface area contributed by atoms with Crippen LogP contribution in [0.15, 0.2) is 53.9 Å². The number of amides is 2. The highest BCUT2D eigenvalue weighted by Crippen LogP contribution is 2.11. The fraction of sp³-hybridized carbons (Fsp3) is 0.0667. The van der Waals surface area contributed by atoms with Crippen LogP contribution in [0.25, 0.3) is 0 Å². The van der Waals surface area contributed by atoms with Gasteiger partial charge in [-0.1, -0.05) is 35.9 Å². The van der Waals surface area contributed by atoms with E-state index in [1.165, 1.54) is 6.21 Å². The Balaban J connectivity index is 1.82. The number of nitrogens with one attached hydrogen (secondary N) is 2. The minimum atomic E-state index is -0.854. The zero-order chi connectivity index (χ0) is 15.8. The van der Waals surface area contributed by atoms with Gasteiger partial charge in [0.05, 0.1) is 6.21 Å². The molecule has 1 heterocycles. The molecule has 22 heavy (non-hydrogen) atoms. The van der Waals surface area contributed by atoms with Crippen LogP contribution in [0, 0.1) is 0 Å². The molecule has 2 N–H and O–H groups in total. The topological polar surface area (TPSA) is 83.5 Å². The van der Waals surface area contributed by atoms with Crippen molar-refractivity contribution in [1.29, 1.82) is 0 Å². The first-order valence-electron chi connectivity index (χ1n) is 6.41. The summed E-state index contributed by atoms with van der Waals surface area (Å²) in [5.41, 5.74) is 3.57. The third-order valence-electron chi connectivity index (χ3n) is 2.66. The normalized spacial score (nSPS) is 10.4. The highest BCUT2D eigenvalue weighted by molar-refractivity contribution is 6.35. The molecular formula is C15H13ClN4O2. The first kappa shape index (κ1) is 15.7. The summed E-state index contributed by atoms with van der Waals surface area (Å²) in [5.74, 6) is -1.63. The summed E-state index contributed by atoms with van der Waals surface area (Å²) < 4.78 is 0. The predicted molar refractivity (Wildman–Crippen MR) is 83.3 cm³/mol. The second-order valence-electron chi connectivity index (χ2n) is 4.26. The Kier molecular flexibility index (Phi) is 5.62. The lowest BCUT2D eigenvalue weighted by Gasteiger charge is -2.03. The van der Waals surface area contributed by atoms with Gasteiger partial charge in [0, 0.05) is 29.5 Å². The van der Waals surface area contributed by atoms with Crippen LogP contribution in [-0.4, -0.2) is 23.0 Å². The SMILES string of the molecule is O=C(NCc1cccnc1)C(=O)NN=Cc1ccccc1Cl. The highest BCUT2D eigenvalue weighted by atomic mass is 35.5. The predicted octanol–water partition coefficient (Wildman–Crippen LogP) is 1.50. The van der Waals surface area contributed by atoms with Crippen LogP contribution in [0.2, 0.25) is 5.02 Å². The monoisotopic (exact) mass is 316 g/mol. The maximum absolute atomic E-state index is 11.6. The van der Waals surface area contributed by atoms with Crippen molar-refractivity contribution >= 4 is 29.6 Å². The Morgan fingerprint density at radius 1 is 1.18 bits per heavy atom. The average molecular weight is 317 g/mol. The summed E-state index contributed by atoms with van der Waals surface area (Å²) in [7, 11) is 0. The zero-order valence-electron chi connectivity index (χ0n) is 11.5. The number of rotatable bonds is 4. The van der Waals surface area contributed by atoms with Gasteiger partial charge in [0.25, 0.3) is 0 Å². The average Bonchev–Trinajstić information content (AvgIpc) is 2.55. The number of benzene rings is 1. The summed E-state index contributed by atoms with van der Waals surface area (Å²) in [6.07, 6.45) is 4.60. The van der Waals surface area contributed by atoms with Gasteiger partial charge in [-0.25, -0.2) is 5.43 Å². The Bertz CT molecular complexity index is 689. The minimum Gasteiger partial charge on any atom is -0.344 e. The second-order valence-corrected chi connectivity index (χ2v) is 4.67. The lowest BCUT2D eigenvalue weighted by molar-refractivity contribution is -0.139. The van der Waals surface area contributed by atoms with Crippen molar-refractivity contribution in [2.75, 3.05) is 0 Å². The summed E-state index contributed by atoms with van der Waals surface area (Å²) in [6, 6.07) is 10.5. The smallest absolute Gasteiger partial charge is 0.329 e. The Hall–Kier alpha value is -2.73. The van der Waals surface area contributed by atoms with E-state index in [0.717, 1.165) is 5.56 Å². The molecule has 0 bridgehead atoms. The quantitative estimate of drug-likeness (QED) is 0.509. The van der Waals surface area contributed by atoms with E-state index in [9.17, 15) is 9.59 Å². The molecule has 2 amide bonds. The summed E-state index contributed by atoms with van der Waals surface area (Å²) >= 11 is 5.93. The number of aromatic nitrogens is 1. The van der Waals surface area contributed by atoms with Crippen LogP contribution in [0.3, 0.4) is 0 Å². The van der Waals surface area contributed by atoms with Gasteiger partial charge in [-0.3, -0.25) is 14.6 Å². The number of hydrazone groups is 1. The first-order valence-corrected chi connectivity index (χ1v) is 6.79. The number of hydrogen-bond acceptors (Lipinski definition) is 4. The lowest BCUT2D eigenvalue weighted by Crippen LogP contribution is -2.37. The van der Waals surface area contributed by atoms with Gasteiger partial charge < -0.3 is 5.32 Å². The molecule has 2 aromatic rings. The zero-order valence-corrected chi connectivity index (χ0v) is 12.2. The van der Waals surface area contributed by atoms with Crippen LogP contribution in [0.5, 0.6) is 0 Å². The molecule has 0 saturated carbocycles. The van der Waals surface area contributed by atoms with E-state index in [1.54, 1.807) is 48.8 Å². The van der Waals surface area contributed by atoms with Gasteiger partial charge in [0.15, 0.2) is 0 Å². The Labute approximate surface area is 132 Å². The van der Waals surface area contributed by atoms with Crippen molar-refractivity contribution in [2.24, 2.45) is 5.10 Å². The van der Waals surface area contributed by atoms with Crippen molar-refractivity contribution in [2.45, 2.75) is 6.54 Å². The van der Waals surface area contributed by atoms with Crippen LogP contribution in [-0.2, 0) is 16.1 Å². The van der Waals surface area contributed by atoms with Gasteiger partial charge in [0.2, 0.25) is 0 Å². The number of carbonyl (C=O) groups is 2. The molecular weight excluding hydrogens is 304 g/mol. The van der Waals surface area contributed by atoms with E-state index in [4.69, 9.17) is 11.6 Å². The molecule has 0 unspecified atom stereocenters. The Morgan fingerprint density at radius 3 is 2.73 bits per heavy atom. The van der Waals surface area contributed by atoms with Gasteiger partial charge >= 0.3 is 11.8 Å². The molecule has 0 saturated heterocycles. The third-order valence-corrected chi connectivity index (χ3v) is 3.00. The fourth-order valence-electron chi connectivity index (χ4n) is 1.56. The molecule has 112 valence electrons. The van der Waals surface area contributed by atoms with Gasteiger partial charge in [-0.2, -0.15) is 5.10 Å². The standard InChI is InChI=1S/C15H13ClN4O2/c16-13-6-2-1-5-12(13)10-19-20-15(22)14(21)18-9-11-4-3-7-17-8-11/h1-8,10H,9H2,(H,18,21)(H,20,22). The molecule has 0 aliphatic carbocycles. The number of hydrogen-bond donors (Lipinski definition) is 2. The van der Waals surface area contributed by atoms with E-state index < -0.39 is 11.8 Å². The molecule has 0 spiro atoms. The number of pyridine rings is 1. The third kappa shape index (κ3) is 4.68. The van der Waals surface area contributed by atoms with Crippen molar-refractivity contribution in [3.05, 3.63) is 64.9 Å². The second kappa shape index (κ2) is 7.90. The van der Waals surface area contributed by atoms with Crippen LogP contribution >= 0.6 is 11.6 Å². The molecule has 0 aliphatic heterocycles. The fourth-order valence-corrected chi connectivity index (χ4v) is 1.74. The van der Waals surface area contributed by atoms with Crippen molar-refractivity contribution < 1.29 is 9.59 Å². The molecule has 0 atom stereocenters. The molecule has 2 rings (SSSR count). The molecule has 6 nitrogen and oxygen atoms in total. The highest BCUT2D eigenvalue weighted by Gasteiger charge is 2.11. The largest absolute Gasteiger partial charge is 0.344 e. The van der Waals surface area contributed by atoms with E-state index in [1.807, 2.05) is 0 Å². The van der Waals surface area contributed by atoms with Gasteiger partial charge in [-0.05, 0) is 17.7 Å². The summed E-state index contributed by atoms with van der Waals surface area (Å²) in [4.78, 5) is 27.0. The summed E-state index contributed by atoms with van der Waals surface area (Å²) in [5, 5.41) is 6.67. The minimum absolute atomic E-state index is 0.217. The van der Waals surface area contributed by atoms with E-state index in [0.29, 0.717) is 10.6 Å². The van der Waals surface area contributed by atoms with Gasteiger partial charge in [-0.15, -0.1) is 0 Å². The van der Waals surface area contributed by atoms with Crippen LogP contribution in [0.4, 0.5) is 0 Å². The molecule has 0 aliphatic rings. The summed E-state index contributed by atoms with van der Waals surface area (Å²) in [6.45, 7) is 0.217. The van der Waals surface area contributed by atoms with Crippen LogP contribution < -0.4 is 10.7 Å². The maximum Gasteiger partial charge on any atom is 0.329 e. The molecule has 1 aromatic carbocycles. The van der Waals surface area contributed by atoms with E-state index in [-0.39, 0.29) is 6.54 Å². The Morgan fingerprint density at radius 2 is 2.00 bits per heavy atom. The van der Waals surface area contributed by atoms with Crippen molar-refractivity contribution in [3.8, 4) is 0 Å². The number of carbonyl (C=O) groups excluding carboxylic acids is 2. The van der Waals surface area contributed by atoms with E-state index in [2.05, 4.69) is 20.8 Å². The molecule has 0 fully saturated rings. The van der Waals surface area contributed by atoms with Crippen LogP contribution in [0.1, 0.15) is 11.1 Å².